The van der Waals surface area contributed by atoms with Gasteiger partial charge in [-0.25, -0.2) is 0 Å². The fraction of sp³-hybridized carbons (Fsp3) is 0.600. The smallest absolute Gasteiger partial charge is 0.264 e. The number of nitrogens with zero attached hydrogens (tertiary/aromatic N) is 1. The molecule has 0 aromatic carbocycles. The zero-order valence-corrected chi connectivity index (χ0v) is 13.2. The van der Waals surface area contributed by atoms with Crippen LogP contribution in [-0.4, -0.2) is 36.3 Å². The predicted octanol–water partition coefficient (Wildman–Crippen LogP) is 2.36. The lowest BCUT2D eigenvalue weighted by Crippen LogP contribution is -2.51. The van der Waals surface area contributed by atoms with E-state index < -0.39 is 0 Å². The third-order valence-electron chi connectivity index (χ3n) is 3.87. The Bertz CT molecular complexity index is 510. The number of likely N-dealkylation sites (N-methyl/N-ethyl adjacent to an activating group) is 1. The molecule has 2 rings (SSSR count). The second kappa shape index (κ2) is 6.39. The van der Waals surface area contributed by atoms with Crippen LogP contribution in [0.2, 0.25) is 0 Å². The van der Waals surface area contributed by atoms with E-state index in [1.807, 2.05) is 13.0 Å². The van der Waals surface area contributed by atoms with Crippen LogP contribution in [-0.2, 0) is 11.2 Å². The molecule has 1 aliphatic heterocycles. The molecular weight excluding hydrogens is 272 g/mol. The zero-order valence-electron chi connectivity index (χ0n) is 12.4. The Hall–Kier alpha value is -1.36. The molecule has 110 valence electrons. The van der Waals surface area contributed by atoms with Gasteiger partial charge in [0.2, 0.25) is 5.91 Å². The first-order chi connectivity index (χ1) is 9.58. The van der Waals surface area contributed by atoms with Gasteiger partial charge in [-0.05, 0) is 44.2 Å². The maximum Gasteiger partial charge on any atom is 0.264 e. The summed E-state index contributed by atoms with van der Waals surface area (Å²) in [5.41, 5.74) is 1.18. The molecule has 0 bridgehead atoms. The van der Waals surface area contributed by atoms with Crippen molar-refractivity contribution in [1.29, 1.82) is 0 Å². The SMILES string of the molecule is CCc1sc(C(=O)N2CCCCC2C(=O)NC)cc1C. The highest BCUT2D eigenvalue weighted by molar-refractivity contribution is 7.14. The van der Waals surface area contributed by atoms with E-state index in [9.17, 15) is 9.59 Å². The molecule has 1 atom stereocenters. The number of aryl methyl sites for hydroxylation is 2. The molecule has 1 aliphatic rings. The standard InChI is InChI=1S/C15H22N2O2S/c1-4-12-10(2)9-13(20-12)15(19)17-8-6-5-7-11(17)14(18)16-3/h9,11H,4-8H2,1-3H3,(H,16,18). The highest BCUT2D eigenvalue weighted by atomic mass is 32.1. The molecule has 4 nitrogen and oxygen atoms in total. The van der Waals surface area contributed by atoms with Gasteiger partial charge in [0.1, 0.15) is 6.04 Å². The molecule has 1 saturated heterocycles. The van der Waals surface area contributed by atoms with Crippen LogP contribution in [0, 0.1) is 6.92 Å². The number of piperidine rings is 1. The summed E-state index contributed by atoms with van der Waals surface area (Å²) in [7, 11) is 1.63. The number of rotatable bonds is 3. The second-order valence-corrected chi connectivity index (χ2v) is 6.33. The van der Waals surface area contributed by atoms with Crippen LogP contribution < -0.4 is 5.32 Å². The van der Waals surface area contributed by atoms with Crippen molar-refractivity contribution < 1.29 is 9.59 Å². The average Bonchev–Trinajstić information content (AvgIpc) is 2.86. The van der Waals surface area contributed by atoms with Crippen molar-refractivity contribution in [2.24, 2.45) is 0 Å². The third-order valence-corrected chi connectivity index (χ3v) is 5.23. The molecule has 1 aromatic rings. The lowest BCUT2D eigenvalue weighted by atomic mass is 10.0. The van der Waals surface area contributed by atoms with Gasteiger partial charge in [0.25, 0.3) is 5.91 Å². The number of amides is 2. The summed E-state index contributed by atoms with van der Waals surface area (Å²) in [5.74, 6) is -0.0480. The van der Waals surface area contributed by atoms with Crippen LogP contribution in [0.15, 0.2) is 6.07 Å². The van der Waals surface area contributed by atoms with Gasteiger partial charge in [-0.2, -0.15) is 0 Å². The van der Waals surface area contributed by atoms with Crippen molar-refractivity contribution in [3.8, 4) is 0 Å². The van der Waals surface area contributed by atoms with Crippen LogP contribution in [0.1, 0.15) is 46.3 Å². The number of hydrogen-bond donors (Lipinski definition) is 1. The largest absolute Gasteiger partial charge is 0.357 e. The summed E-state index contributed by atoms with van der Waals surface area (Å²) in [6.45, 7) is 4.81. The van der Waals surface area contributed by atoms with Crippen LogP contribution in [0.25, 0.3) is 0 Å². The molecule has 0 spiro atoms. The second-order valence-electron chi connectivity index (χ2n) is 5.19. The summed E-state index contributed by atoms with van der Waals surface area (Å²) in [4.78, 5) is 28.4. The molecule has 0 radical (unpaired) electrons. The molecule has 2 heterocycles. The first kappa shape index (κ1) is 15.0. The van der Waals surface area contributed by atoms with E-state index in [1.54, 1.807) is 23.3 Å². The molecule has 2 amide bonds. The maximum atomic E-state index is 12.7. The normalized spacial score (nSPS) is 18.9. The average molecular weight is 294 g/mol. The Labute approximate surface area is 124 Å². The lowest BCUT2D eigenvalue weighted by Gasteiger charge is -2.34. The maximum absolute atomic E-state index is 12.7. The lowest BCUT2D eigenvalue weighted by molar-refractivity contribution is -0.126. The van der Waals surface area contributed by atoms with Crippen molar-refractivity contribution in [1.82, 2.24) is 10.2 Å². The molecule has 1 N–H and O–H groups in total. The Morgan fingerprint density at radius 2 is 2.20 bits per heavy atom. The van der Waals surface area contributed by atoms with Gasteiger partial charge >= 0.3 is 0 Å². The molecule has 1 fully saturated rings. The number of hydrogen-bond acceptors (Lipinski definition) is 3. The number of carbonyl (C=O) groups is 2. The van der Waals surface area contributed by atoms with Crippen LogP contribution in [0.3, 0.4) is 0 Å². The van der Waals surface area contributed by atoms with Crippen molar-refractivity contribution in [3.63, 3.8) is 0 Å². The number of nitrogens with one attached hydrogen (secondary N) is 1. The van der Waals surface area contributed by atoms with Gasteiger partial charge in [0.05, 0.1) is 4.88 Å². The minimum atomic E-state index is -0.311. The number of likely N-dealkylation sites (tertiary alicyclic amines) is 1. The molecule has 20 heavy (non-hydrogen) atoms. The third kappa shape index (κ3) is 2.87. The van der Waals surface area contributed by atoms with Crippen molar-refractivity contribution in [3.05, 3.63) is 21.4 Å². The van der Waals surface area contributed by atoms with Crippen LogP contribution in [0.5, 0.6) is 0 Å². The summed E-state index contributed by atoms with van der Waals surface area (Å²) in [5, 5.41) is 2.67. The zero-order chi connectivity index (χ0) is 14.7. The van der Waals surface area contributed by atoms with E-state index in [-0.39, 0.29) is 17.9 Å². The monoisotopic (exact) mass is 294 g/mol. The van der Waals surface area contributed by atoms with Gasteiger partial charge in [0.15, 0.2) is 0 Å². The first-order valence-corrected chi connectivity index (χ1v) is 8.02. The van der Waals surface area contributed by atoms with Gasteiger partial charge in [0, 0.05) is 18.5 Å². The Morgan fingerprint density at radius 1 is 1.45 bits per heavy atom. The quantitative estimate of drug-likeness (QED) is 0.930. The van der Waals surface area contributed by atoms with Crippen molar-refractivity contribution >= 4 is 23.2 Å². The van der Waals surface area contributed by atoms with Crippen LogP contribution >= 0.6 is 11.3 Å². The van der Waals surface area contributed by atoms with E-state index >= 15 is 0 Å². The molecular formula is C15H22N2O2S. The van der Waals surface area contributed by atoms with Crippen molar-refractivity contribution in [2.75, 3.05) is 13.6 Å². The summed E-state index contributed by atoms with van der Waals surface area (Å²) in [6, 6.07) is 1.65. The molecule has 1 unspecified atom stereocenters. The number of thiophene rings is 1. The van der Waals surface area contributed by atoms with Crippen LogP contribution in [0.4, 0.5) is 0 Å². The highest BCUT2D eigenvalue weighted by Crippen LogP contribution is 2.26. The fourth-order valence-electron chi connectivity index (χ4n) is 2.73. The van der Waals surface area contributed by atoms with Gasteiger partial charge in [-0.3, -0.25) is 9.59 Å². The minimum absolute atomic E-state index is 0.00565. The van der Waals surface area contributed by atoms with E-state index in [4.69, 9.17) is 0 Å². The molecule has 1 aromatic heterocycles. The van der Waals surface area contributed by atoms with E-state index in [2.05, 4.69) is 12.2 Å². The van der Waals surface area contributed by atoms with E-state index in [0.717, 1.165) is 30.6 Å². The highest BCUT2D eigenvalue weighted by Gasteiger charge is 2.32. The number of carbonyl (C=O) groups excluding carboxylic acids is 2. The topological polar surface area (TPSA) is 49.4 Å². The Kier molecular flexibility index (Phi) is 4.81. The Balaban J connectivity index is 2.22. The van der Waals surface area contributed by atoms with Crippen molar-refractivity contribution in [2.45, 2.75) is 45.6 Å². The summed E-state index contributed by atoms with van der Waals surface area (Å²) >= 11 is 1.56. The molecule has 5 heteroatoms. The Morgan fingerprint density at radius 3 is 2.80 bits per heavy atom. The van der Waals surface area contributed by atoms with Gasteiger partial charge in [-0.15, -0.1) is 11.3 Å². The minimum Gasteiger partial charge on any atom is -0.357 e. The predicted molar refractivity (Wildman–Crippen MR) is 81.2 cm³/mol. The van der Waals surface area contributed by atoms with Gasteiger partial charge < -0.3 is 10.2 Å². The summed E-state index contributed by atoms with van der Waals surface area (Å²) in [6.07, 6.45) is 3.69. The fourth-order valence-corrected chi connectivity index (χ4v) is 3.80. The molecule has 0 saturated carbocycles. The van der Waals surface area contributed by atoms with E-state index in [1.165, 1.54) is 10.4 Å². The molecule has 0 aliphatic carbocycles. The first-order valence-electron chi connectivity index (χ1n) is 7.20. The van der Waals surface area contributed by atoms with E-state index in [0.29, 0.717) is 6.54 Å². The van der Waals surface area contributed by atoms with Gasteiger partial charge in [-0.1, -0.05) is 6.92 Å². The summed E-state index contributed by atoms with van der Waals surface area (Å²) < 4.78 is 0.